The van der Waals surface area contributed by atoms with Gasteiger partial charge < -0.3 is 24.1 Å². The minimum absolute atomic E-state index is 0.0121. The summed E-state index contributed by atoms with van der Waals surface area (Å²) in [5, 5.41) is 21.5. The van der Waals surface area contributed by atoms with Gasteiger partial charge in [-0.05, 0) is 32.1 Å². The molecule has 3 aromatic rings. The first kappa shape index (κ1) is 21.5. The van der Waals surface area contributed by atoms with E-state index in [1.165, 1.54) is 0 Å². The van der Waals surface area contributed by atoms with Crippen LogP contribution in [0.3, 0.4) is 0 Å². The molecule has 2 unspecified atom stereocenters. The van der Waals surface area contributed by atoms with Crippen LogP contribution in [0.4, 0.5) is 0 Å². The number of fused-ring (bicyclic) bond motifs is 1. The van der Waals surface area contributed by atoms with Gasteiger partial charge >= 0.3 is 7.82 Å². The van der Waals surface area contributed by atoms with Crippen molar-refractivity contribution in [2.75, 3.05) is 20.1 Å². The van der Waals surface area contributed by atoms with Gasteiger partial charge in [0, 0.05) is 37.1 Å². The summed E-state index contributed by atoms with van der Waals surface area (Å²) in [7, 11) is -3.34. The highest BCUT2D eigenvalue weighted by Gasteiger charge is 2.34. The number of hydrogen-bond donors (Lipinski definition) is 4. The van der Waals surface area contributed by atoms with E-state index in [4.69, 9.17) is 17.4 Å². The third-order valence-corrected chi connectivity index (χ3v) is 6.04. The number of halogens is 1. The molecule has 4 rings (SSSR count). The van der Waals surface area contributed by atoms with Crippen LogP contribution in [-0.2, 0) is 4.57 Å². The number of rotatable bonds is 4. The highest BCUT2D eigenvalue weighted by atomic mass is 35.5. The van der Waals surface area contributed by atoms with Gasteiger partial charge in [0.1, 0.15) is 28.2 Å². The van der Waals surface area contributed by atoms with Gasteiger partial charge in [-0.3, -0.25) is 14.6 Å². The van der Waals surface area contributed by atoms with Gasteiger partial charge in [-0.2, -0.15) is 0 Å². The first-order chi connectivity index (χ1) is 15.4. The molecule has 0 aliphatic carbocycles. The van der Waals surface area contributed by atoms with Crippen LogP contribution < -0.4 is 9.95 Å². The Morgan fingerprint density at radius 1 is 1.31 bits per heavy atom. The zero-order valence-corrected chi connectivity index (χ0v) is 18.5. The number of piperidine rings is 1. The number of likely N-dealkylation sites (N-methyl/N-ethyl adjacent to an activating group) is 1. The molecular weight excluding hydrogens is 461 g/mol. The molecule has 1 saturated heterocycles. The zero-order chi connectivity index (χ0) is 24.1. The van der Waals surface area contributed by atoms with Crippen molar-refractivity contribution in [3.05, 3.63) is 57.2 Å². The summed E-state index contributed by atoms with van der Waals surface area (Å²) in [6.45, 7) is 0.538. The summed E-state index contributed by atoms with van der Waals surface area (Å²) >= 11 is 6.25. The number of phenolic OH excluding ortho intramolecular Hbond substituents is 1. The van der Waals surface area contributed by atoms with Crippen molar-refractivity contribution >= 4 is 30.4 Å². The SMILES string of the molecule is [2H]C1(c2c(O)cc(OP(=O)(O)O)c3c(=O)cc(-c4ccccc4Cl)oc23)CCN(C)CC1O. The van der Waals surface area contributed by atoms with Gasteiger partial charge in [-0.25, -0.2) is 4.57 Å². The molecule has 170 valence electrons. The molecule has 2 aromatic carbocycles. The highest BCUT2D eigenvalue weighted by molar-refractivity contribution is 7.46. The van der Waals surface area contributed by atoms with Gasteiger partial charge in [0.05, 0.1) is 11.1 Å². The second-order valence-corrected chi connectivity index (χ2v) is 9.13. The minimum atomic E-state index is -5.11. The second kappa shape index (κ2) is 8.51. The molecule has 1 fully saturated rings. The van der Waals surface area contributed by atoms with Crippen molar-refractivity contribution in [1.29, 1.82) is 0 Å². The van der Waals surface area contributed by atoms with Gasteiger partial charge in [-0.15, -0.1) is 0 Å². The molecule has 0 amide bonds. The third kappa shape index (κ3) is 4.41. The molecule has 11 heteroatoms. The topological polar surface area (TPSA) is 141 Å². The van der Waals surface area contributed by atoms with Crippen LogP contribution in [0.1, 0.15) is 19.2 Å². The number of β-amino-alcohol motifs (C(OH)–C–C–N with tert-alkyl or cyclic N) is 1. The Hall–Kier alpha value is -2.39. The maximum Gasteiger partial charge on any atom is 0.524 e. The number of likely N-dealkylation sites (tertiary alicyclic amines) is 1. The number of benzene rings is 2. The van der Waals surface area contributed by atoms with Crippen LogP contribution in [0.2, 0.25) is 5.02 Å². The average molecular weight is 483 g/mol. The van der Waals surface area contributed by atoms with Crippen molar-refractivity contribution < 1.29 is 34.9 Å². The molecule has 0 saturated carbocycles. The fourth-order valence-corrected chi connectivity index (χ4v) is 4.49. The van der Waals surface area contributed by atoms with Crippen LogP contribution in [-0.4, -0.2) is 51.1 Å². The fourth-order valence-electron chi connectivity index (χ4n) is 3.86. The van der Waals surface area contributed by atoms with E-state index in [-0.39, 0.29) is 40.3 Å². The molecule has 2 heterocycles. The van der Waals surface area contributed by atoms with E-state index < -0.39 is 36.7 Å². The Labute approximate surface area is 189 Å². The van der Waals surface area contributed by atoms with Crippen LogP contribution >= 0.6 is 19.4 Å². The smallest absolute Gasteiger partial charge is 0.507 e. The van der Waals surface area contributed by atoms with Crippen LogP contribution in [0.5, 0.6) is 11.5 Å². The summed E-state index contributed by atoms with van der Waals surface area (Å²) in [6.07, 6.45) is -1.17. The maximum absolute atomic E-state index is 13.1. The number of aliphatic hydroxyl groups excluding tert-OH is 1. The number of hydrogen-bond acceptors (Lipinski definition) is 7. The first-order valence-corrected chi connectivity index (χ1v) is 11.5. The predicted octanol–water partition coefficient (Wildman–Crippen LogP) is 3.07. The number of phosphoric ester groups is 1. The van der Waals surface area contributed by atoms with Crippen molar-refractivity contribution in [3.8, 4) is 22.8 Å². The maximum atomic E-state index is 13.1. The van der Waals surface area contributed by atoms with E-state index in [1.54, 1.807) is 31.3 Å². The summed E-state index contributed by atoms with van der Waals surface area (Å²) < 4.78 is 31.1. The van der Waals surface area contributed by atoms with Crippen LogP contribution in [0.25, 0.3) is 22.3 Å². The van der Waals surface area contributed by atoms with E-state index in [0.29, 0.717) is 12.1 Å². The highest BCUT2D eigenvalue weighted by Crippen LogP contribution is 2.47. The number of aromatic hydroxyl groups is 1. The Kier molecular flexibility index (Phi) is 5.71. The molecule has 0 radical (unpaired) electrons. The third-order valence-electron chi connectivity index (χ3n) is 5.27. The lowest BCUT2D eigenvalue weighted by Gasteiger charge is -2.34. The molecular formula is C21H21ClNO8P. The molecule has 1 aliphatic heterocycles. The van der Waals surface area contributed by atoms with E-state index >= 15 is 0 Å². The van der Waals surface area contributed by atoms with E-state index in [2.05, 4.69) is 4.52 Å². The van der Waals surface area contributed by atoms with Crippen molar-refractivity contribution in [2.24, 2.45) is 0 Å². The summed E-state index contributed by atoms with van der Waals surface area (Å²) in [5.41, 5.74) is -0.878. The molecule has 4 N–H and O–H groups in total. The molecule has 32 heavy (non-hydrogen) atoms. The molecule has 0 bridgehead atoms. The minimum Gasteiger partial charge on any atom is -0.507 e. The molecule has 2 atom stereocenters. The Balaban J connectivity index is 2.08. The zero-order valence-electron chi connectivity index (χ0n) is 17.9. The van der Waals surface area contributed by atoms with E-state index in [1.807, 2.05) is 4.90 Å². The number of phenols is 1. The lowest BCUT2D eigenvalue weighted by atomic mass is 9.85. The Morgan fingerprint density at radius 2 is 2.03 bits per heavy atom. The summed E-state index contributed by atoms with van der Waals surface area (Å²) in [6, 6.07) is 8.47. The number of phosphoric acid groups is 1. The fraction of sp³-hybridized carbons (Fsp3) is 0.286. The number of nitrogens with zero attached hydrogens (tertiary/aromatic N) is 1. The van der Waals surface area contributed by atoms with Gasteiger partial charge in [0.2, 0.25) is 0 Å². The van der Waals surface area contributed by atoms with Gasteiger partial charge in [0.25, 0.3) is 0 Å². The molecule has 9 nitrogen and oxygen atoms in total. The summed E-state index contributed by atoms with van der Waals surface area (Å²) in [4.78, 5) is 33.5. The normalized spacial score (nSPS) is 22.7. The first-order valence-electron chi connectivity index (χ1n) is 10.1. The summed E-state index contributed by atoms with van der Waals surface area (Å²) in [5.74, 6) is -2.97. The van der Waals surface area contributed by atoms with Crippen molar-refractivity contribution in [3.63, 3.8) is 0 Å². The molecule has 1 aliphatic rings. The standard InChI is InChI=1S/C21H21ClNO8P/c1-23-7-6-12(16(26)10-23)19-14(24)9-18(31-32(27,28)29)20-15(25)8-17(30-21(19)20)11-4-2-3-5-13(11)22/h2-5,8-9,12,16,24,26H,6-7,10H2,1H3,(H2,27,28,29)/i12D. The molecule has 0 spiro atoms. The Bertz CT molecular complexity index is 1340. The Morgan fingerprint density at radius 3 is 2.69 bits per heavy atom. The van der Waals surface area contributed by atoms with Gasteiger partial charge in [0.15, 0.2) is 5.43 Å². The van der Waals surface area contributed by atoms with Crippen molar-refractivity contribution in [2.45, 2.75) is 18.4 Å². The number of aliphatic hydroxyl groups is 1. The van der Waals surface area contributed by atoms with E-state index in [0.717, 1.165) is 12.1 Å². The average Bonchev–Trinajstić information content (AvgIpc) is 2.69. The monoisotopic (exact) mass is 482 g/mol. The van der Waals surface area contributed by atoms with E-state index in [9.17, 15) is 29.4 Å². The molecule has 1 aromatic heterocycles. The van der Waals surface area contributed by atoms with Crippen LogP contribution in [0, 0.1) is 0 Å². The quantitative estimate of drug-likeness (QED) is 0.413. The second-order valence-electron chi connectivity index (χ2n) is 7.56. The lowest BCUT2D eigenvalue weighted by molar-refractivity contribution is 0.0630. The lowest BCUT2D eigenvalue weighted by Crippen LogP contribution is -2.40. The largest absolute Gasteiger partial charge is 0.524 e. The van der Waals surface area contributed by atoms with Crippen LogP contribution in [0.15, 0.2) is 45.6 Å². The van der Waals surface area contributed by atoms with Crippen molar-refractivity contribution in [1.82, 2.24) is 4.90 Å². The van der Waals surface area contributed by atoms with Gasteiger partial charge in [-0.1, -0.05) is 23.7 Å². The predicted molar refractivity (Wildman–Crippen MR) is 118 cm³/mol.